The van der Waals surface area contributed by atoms with Crippen LogP contribution in [-0.2, 0) is 10.0 Å². The second-order valence-electron chi connectivity index (χ2n) is 7.19. The van der Waals surface area contributed by atoms with E-state index in [1.807, 2.05) is 43.3 Å². The number of aromatic nitrogens is 2. The molecule has 0 saturated heterocycles. The lowest BCUT2D eigenvalue weighted by Gasteiger charge is -2.12. The predicted molar refractivity (Wildman–Crippen MR) is 126 cm³/mol. The summed E-state index contributed by atoms with van der Waals surface area (Å²) in [6.45, 7) is 3.56. The van der Waals surface area contributed by atoms with Crippen LogP contribution in [0.15, 0.2) is 77.7 Å². The molecule has 0 aliphatic carbocycles. The first-order valence-electron chi connectivity index (χ1n) is 9.72. The molecule has 0 saturated carbocycles. The molecule has 1 aromatic heterocycles. The lowest BCUT2D eigenvalue weighted by atomic mass is 10.1. The Hall–Kier alpha value is -3.56. The average molecular weight is 465 g/mol. The number of amides is 1. The smallest absolute Gasteiger partial charge is 0.262 e. The third-order valence-electron chi connectivity index (χ3n) is 4.68. The van der Waals surface area contributed by atoms with Crippen molar-refractivity contribution in [1.29, 1.82) is 0 Å². The quantitative estimate of drug-likeness (QED) is 0.424. The largest absolute Gasteiger partial charge is 0.296 e. The first-order chi connectivity index (χ1) is 15.3. The number of anilines is 2. The van der Waals surface area contributed by atoms with Crippen LogP contribution in [0.3, 0.4) is 0 Å². The lowest BCUT2D eigenvalue weighted by molar-refractivity contribution is 0.102. The number of sulfonamides is 1. The van der Waals surface area contributed by atoms with Crippen molar-refractivity contribution in [3.63, 3.8) is 0 Å². The van der Waals surface area contributed by atoms with Gasteiger partial charge in [-0.05, 0) is 49.2 Å². The van der Waals surface area contributed by atoms with E-state index in [0.29, 0.717) is 21.4 Å². The summed E-state index contributed by atoms with van der Waals surface area (Å²) in [5.41, 5.74) is 3.03. The molecule has 2 N–H and O–H groups in total. The topological polar surface area (TPSA) is 101 Å². The highest BCUT2D eigenvalue weighted by Gasteiger charge is 2.20. The molecule has 9 heteroatoms. The fourth-order valence-corrected chi connectivity index (χ4v) is 5.16. The maximum atomic E-state index is 13.0. The maximum absolute atomic E-state index is 13.0. The molecule has 0 unspecified atom stereocenters. The van der Waals surface area contributed by atoms with E-state index in [1.165, 1.54) is 17.4 Å². The SMILES string of the molecule is Cc1cccc(NS(=O)(=O)c2cc(C(=O)Nc3nnc(-c4ccccc4)s3)ccc2C)c1. The van der Waals surface area contributed by atoms with Crippen LogP contribution in [0.25, 0.3) is 10.6 Å². The van der Waals surface area contributed by atoms with Crippen molar-refractivity contribution in [2.24, 2.45) is 0 Å². The number of benzene rings is 3. The molecular formula is C23H20N4O3S2. The molecule has 4 rings (SSSR count). The number of hydrogen-bond acceptors (Lipinski definition) is 6. The van der Waals surface area contributed by atoms with Crippen molar-refractivity contribution in [3.05, 3.63) is 89.5 Å². The zero-order valence-electron chi connectivity index (χ0n) is 17.4. The van der Waals surface area contributed by atoms with Crippen molar-refractivity contribution in [1.82, 2.24) is 10.2 Å². The number of rotatable bonds is 6. The Bertz CT molecular complexity index is 1380. The zero-order chi connectivity index (χ0) is 22.7. The van der Waals surface area contributed by atoms with Crippen LogP contribution >= 0.6 is 11.3 Å². The van der Waals surface area contributed by atoms with E-state index in [1.54, 1.807) is 37.3 Å². The maximum Gasteiger partial charge on any atom is 0.262 e. The summed E-state index contributed by atoms with van der Waals surface area (Å²) in [4.78, 5) is 12.8. The minimum absolute atomic E-state index is 0.0360. The second kappa shape index (κ2) is 8.89. The van der Waals surface area contributed by atoms with Crippen LogP contribution < -0.4 is 10.0 Å². The van der Waals surface area contributed by atoms with E-state index >= 15 is 0 Å². The van der Waals surface area contributed by atoms with E-state index < -0.39 is 15.9 Å². The Kier molecular flexibility index (Phi) is 6.02. The summed E-state index contributed by atoms with van der Waals surface area (Å²) in [6, 6.07) is 21.1. The predicted octanol–water partition coefficient (Wildman–Crippen LogP) is 4.88. The van der Waals surface area contributed by atoms with E-state index in [0.717, 1.165) is 11.1 Å². The third kappa shape index (κ3) is 4.84. The molecule has 0 aliphatic heterocycles. The van der Waals surface area contributed by atoms with E-state index in [-0.39, 0.29) is 10.5 Å². The van der Waals surface area contributed by atoms with Crippen molar-refractivity contribution >= 4 is 38.1 Å². The Labute approximate surface area is 190 Å². The molecule has 0 radical (unpaired) electrons. The summed E-state index contributed by atoms with van der Waals surface area (Å²) in [7, 11) is -3.88. The summed E-state index contributed by atoms with van der Waals surface area (Å²) in [5.74, 6) is -0.465. The first-order valence-corrected chi connectivity index (χ1v) is 12.0. The van der Waals surface area contributed by atoms with Gasteiger partial charge < -0.3 is 0 Å². The van der Waals surface area contributed by atoms with Gasteiger partial charge in [0.25, 0.3) is 15.9 Å². The number of aryl methyl sites for hydroxylation is 2. The number of hydrogen-bond donors (Lipinski definition) is 2. The van der Waals surface area contributed by atoms with E-state index in [9.17, 15) is 13.2 Å². The lowest BCUT2D eigenvalue weighted by Crippen LogP contribution is -2.17. The molecule has 0 aliphatic rings. The number of carbonyl (C=O) groups excluding carboxylic acids is 1. The Morgan fingerprint density at radius 2 is 1.69 bits per heavy atom. The van der Waals surface area contributed by atoms with E-state index in [4.69, 9.17) is 0 Å². The van der Waals surface area contributed by atoms with Gasteiger partial charge in [-0.15, -0.1) is 10.2 Å². The third-order valence-corrected chi connectivity index (χ3v) is 7.09. The van der Waals surface area contributed by atoms with Crippen LogP contribution in [0.4, 0.5) is 10.8 Å². The first kappa shape index (κ1) is 21.7. The highest BCUT2D eigenvalue weighted by molar-refractivity contribution is 7.92. The number of carbonyl (C=O) groups is 1. The molecule has 0 atom stereocenters. The van der Waals surface area contributed by atoms with Crippen LogP contribution in [0, 0.1) is 13.8 Å². The van der Waals surface area contributed by atoms with Gasteiger partial charge in [0.2, 0.25) is 5.13 Å². The summed E-state index contributed by atoms with van der Waals surface area (Å²) in [5, 5.41) is 11.8. The normalized spacial score (nSPS) is 11.2. The van der Waals surface area contributed by atoms with Gasteiger partial charge in [-0.25, -0.2) is 8.42 Å². The highest BCUT2D eigenvalue weighted by atomic mass is 32.2. The molecule has 7 nitrogen and oxygen atoms in total. The van der Waals surface area contributed by atoms with Crippen molar-refractivity contribution in [2.75, 3.05) is 10.0 Å². The van der Waals surface area contributed by atoms with Gasteiger partial charge in [-0.3, -0.25) is 14.8 Å². The molecule has 32 heavy (non-hydrogen) atoms. The fourth-order valence-electron chi connectivity index (χ4n) is 3.09. The summed E-state index contributed by atoms with van der Waals surface area (Å²) < 4.78 is 28.5. The number of nitrogens with one attached hydrogen (secondary N) is 2. The van der Waals surface area contributed by atoms with Crippen LogP contribution in [0.2, 0.25) is 0 Å². The van der Waals surface area contributed by atoms with Crippen molar-refractivity contribution in [3.8, 4) is 10.6 Å². The second-order valence-corrected chi connectivity index (χ2v) is 9.82. The molecule has 1 heterocycles. The highest BCUT2D eigenvalue weighted by Crippen LogP contribution is 2.27. The minimum atomic E-state index is -3.88. The van der Waals surface area contributed by atoms with Gasteiger partial charge in [-0.2, -0.15) is 0 Å². The molecular weight excluding hydrogens is 444 g/mol. The monoisotopic (exact) mass is 464 g/mol. The molecule has 1 amide bonds. The zero-order valence-corrected chi connectivity index (χ0v) is 19.0. The summed E-state index contributed by atoms with van der Waals surface area (Å²) in [6.07, 6.45) is 0. The molecule has 0 spiro atoms. The average Bonchev–Trinajstić information content (AvgIpc) is 3.22. The molecule has 162 valence electrons. The Balaban J connectivity index is 1.56. The van der Waals surface area contributed by atoms with Crippen LogP contribution in [0.1, 0.15) is 21.5 Å². The molecule has 4 aromatic rings. The van der Waals surface area contributed by atoms with Gasteiger partial charge >= 0.3 is 0 Å². The standard InChI is InChI=1S/C23H20N4O3S2/c1-15-7-6-10-19(13-15)27-32(29,30)20-14-18(12-11-16(20)2)21(28)24-23-26-25-22(31-23)17-8-4-3-5-9-17/h3-14,27H,1-2H3,(H,24,26,28). The van der Waals surface area contributed by atoms with Gasteiger partial charge in [0, 0.05) is 16.8 Å². The van der Waals surface area contributed by atoms with E-state index in [2.05, 4.69) is 20.2 Å². The van der Waals surface area contributed by atoms with Crippen molar-refractivity contribution < 1.29 is 13.2 Å². The molecule has 0 fully saturated rings. The van der Waals surface area contributed by atoms with Gasteiger partial charge in [0.15, 0.2) is 0 Å². The molecule has 3 aromatic carbocycles. The van der Waals surface area contributed by atoms with Gasteiger partial charge in [-0.1, -0.05) is 59.9 Å². The Morgan fingerprint density at radius 3 is 2.44 bits per heavy atom. The number of nitrogens with zero attached hydrogens (tertiary/aromatic N) is 2. The summed E-state index contributed by atoms with van der Waals surface area (Å²) >= 11 is 1.24. The van der Waals surface area contributed by atoms with Gasteiger partial charge in [0.1, 0.15) is 5.01 Å². The van der Waals surface area contributed by atoms with Crippen LogP contribution in [0.5, 0.6) is 0 Å². The minimum Gasteiger partial charge on any atom is -0.296 e. The molecule has 0 bridgehead atoms. The van der Waals surface area contributed by atoms with Crippen molar-refractivity contribution in [2.45, 2.75) is 18.7 Å². The fraction of sp³-hybridized carbons (Fsp3) is 0.0870. The Morgan fingerprint density at radius 1 is 0.906 bits per heavy atom. The van der Waals surface area contributed by atoms with Crippen LogP contribution in [-0.4, -0.2) is 24.5 Å². The van der Waals surface area contributed by atoms with Gasteiger partial charge in [0.05, 0.1) is 4.90 Å².